The molecule has 0 amide bonds. The molecule has 1 N–H and O–H groups in total. The highest BCUT2D eigenvalue weighted by Crippen LogP contribution is 2.32. The van der Waals surface area contributed by atoms with Crippen molar-refractivity contribution in [1.29, 1.82) is 0 Å². The van der Waals surface area contributed by atoms with Crippen LogP contribution in [-0.2, 0) is 0 Å². The highest BCUT2D eigenvalue weighted by atomic mass is 15.2. The molecular weight excluding hydrogens is 198 g/mol. The van der Waals surface area contributed by atoms with E-state index in [9.17, 15) is 0 Å². The summed E-state index contributed by atoms with van der Waals surface area (Å²) in [5.74, 6) is 0. The van der Waals surface area contributed by atoms with Gasteiger partial charge in [-0.3, -0.25) is 4.98 Å². The Morgan fingerprint density at radius 3 is 3.00 bits per heavy atom. The molecule has 1 aromatic heterocycles. The van der Waals surface area contributed by atoms with Gasteiger partial charge >= 0.3 is 0 Å². The van der Waals surface area contributed by atoms with Gasteiger partial charge in [0.15, 0.2) is 0 Å². The predicted molar refractivity (Wildman–Crippen MR) is 65.8 cm³/mol. The first kappa shape index (κ1) is 10.1. The second kappa shape index (κ2) is 3.74. The van der Waals surface area contributed by atoms with E-state index in [1.54, 1.807) is 0 Å². The number of hydrogen-bond acceptors (Lipinski definition) is 3. The minimum Gasteiger partial charge on any atom is -0.368 e. The van der Waals surface area contributed by atoms with E-state index < -0.39 is 0 Å². The molecule has 0 aliphatic carbocycles. The summed E-state index contributed by atoms with van der Waals surface area (Å²) in [5, 5.41) is 3.68. The van der Waals surface area contributed by atoms with Gasteiger partial charge in [0.1, 0.15) is 0 Å². The topological polar surface area (TPSA) is 28.2 Å². The second-order valence-electron chi connectivity index (χ2n) is 5.14. The lowest BCUT2D eigenvalue weighted by molar-refractivity contribution is 0.419. The smallest absolute Gasteiger partial charge is 0.0553 e. The molecule has 1 unspecified atom stereocenters. The van der Waals surface area contributed by atoms with Crippen LogP contribution in [0, 0.1) is 6.92 Å². The molecule has 0 radical (unpaired) electrons. The molecule has 3 heteroatoms. The van der Waals surface area contributed by atoms with Crippen molar-refractivity contribution in [2.24, 2.45) is 0 Å². The van der Waals surface area contributed by atoms with E-state index in [2.05, 4.69) is 27.3 Å². The molecule has 3 rings (SSSR count). The molecule has 86 valence electrons. The van der Waals surface area contributed by atoms with Crippen LogP contribution in [0.4, 0.5) is 5.69 Å². The van der Waals surface area contributed by atoms with Crippen molar-refractivity contribution >= 4 is 5.69 Å². The zero-order valence-corrected chi connectivity index (χ0v) is 9.87. The Bertz CT molecular complexity index is 365. The van der Waals surface area contributed by atoms with Crippen LogP contribution < -0.4 is 10.2 Å². The van der Waals surface area contributed by atoms with Gasteiger partial charge in [-0.1, -0.05) is 0 Å². The van der Waals surface area contributed by atoms with Crippen LogP contribution in [0.15, 0.2) is 18.3 Å². The van der Waals surface area contributed by atoms with Gasteiger partial charge in [-0.2, -0.15) is 0 Å². The number of aromatic nitrogens is 1. The zero-order chi connectivity index (χ0) is 11.0. The lowest BCUT2D eigenvalue weighted by Crippen LogP contribution is -2.42. The molecule has 0 aromatic carbocycles. The third-order valence-electron chi connectivity index (χ3n) is 3.95. The number of nitrogens with zero attached hydrogens (tertiary/aromatic N) is 2. The normalized spacial score (nSPS) is 29.2. The van der Waals surface area contributed by atoms with Gasteiger partial charge in [0.05, 0.1) is 11.9 Å². The molecule has 0 bridgehead atoms. The third kappa shape index (κ3) is 1.69. The predicted octanol–water partition coefficient (Wildman–Crippen LogP) is 1.72. The van der Waals surface area contributed by atoms with E-state index in [0.717, 1.165) is 18.8 Å². The SMILES string of the molecule is Cc1ccc(N2CCC3(CCCN3)C2)cn1. The standard InChI is InChI=1S/C13H19N3/c1-11-3-4-12(9-14-11)16-8-6-13(10-16)5-2-7-15-13/h3-4,9,15H,2,5-8,10H2,1H3. The van der Waals surface area contributed by atoms with E-state index >= 15 is 0 Å². The highest BCUT2D eigenvalue weighted by Gasteiger charge is 2.39. The molecule has 3 nitrogen and oxygen atoms in total. The van der Waals surface area contributed by atoms with Crippen LogP contribution in [0.25, 0.3) is 0 Å². The Labute approximate surface area is 96.9 Å². The van der Waals surface area contributed by atoms with Crippen LogP contribution >= 0.6 is 0 Å². The summed E-state index contributed by atoms with van der Waals surface area (Å²) in [6.07, 6.45) is 5.95. The van der Waals surface area contributed by atoms with Crippen LogP contribution in [0.3, 0.4) is 0 Å². The lowest BCUT2D eigenvalue weighted by atomic mass is 9.97. The molecule has 1 aromatic rings. The molecule has 3 heterocycles. The fourth-order valence-electron chi connectivity index (χ4n) is 2.96. The summed E-state index contributed by atoms with van der Waals surface area (Å²) in [5.41, 5.74) is 2.78. The summed E-state index contributed by atoms with van der Waals surface area (Å²) in [6.45, 7) is 5.54. The van der Waals surface area contributed by atoms with Gasteiger partial charge in [0.2, 0.25) is 0 Å². The number of aryl methyl sites for hydroxylation is 1. The van der Waals surface area contributed by atoms with Gasteiger partial charge in [-0.15, -0.1) is 0 Å². The highest BCUT2D eigenvalue weighted by molar-refractivity contribution is 5.46. The zero-order valence-electron chi connectivity index (χ0n) is 9.87. The Balaban J connectivity index is 1.75. The molecule has 2 aliphatic heterocycles. The fraction of sp³-hybridized carbons (Fsp3) is 0.615. The van der Waals surface area contributed by atoms with E-state index in [0.29, 0.717) is 5.54 Å². The summed E-state index contributed by atoms with van der Waals surface area (Å²) < 4.78 is 0. The lowest BCUT2D eigenvalue weighted by Gasteiger charge is -2.25. The van der Waals surface area contributed by atoms with Gasteiger partial charge in [0.25, 0.3) is 0 Å². The maximum Gasteiger partial charge on any atom is 0.0553 e. The van der Waals surface area contributed by atoms with E-state index in [-0.39, 0.29) is 0 Å². The Kier molecular flexibility index (Phi) is 2.36. The van der Waals surface area contributed by atoms with E-state index in [4.69, 9.17) is 0 Å². The van der Waals surface area contributed by atoms with Crippen LogP contribution in [0.1, 0.15) is 25.0 Å². The van der Waals surface area contributed by atoms with Gasteiger partial charge in [-0.05, 0) is 44.9 Å². The summed E-state index contributed by atoms with van der Waals surface area (Å²) >= 11 is 0. The molecule has 16 heavy (non-hydrogen) atoms. The monoisotopic (exact) mass is 217 g/mol. The summed E-state index contributed by atoms with van der Waals surface area (Å²) in [7, 11) is 0. The van der Waals surface area contributed by atoms with E-state index in [1.807, 2.05) is 13.1 Å². The largest absolute Gasteiger partial charge is 0.368 e. The Morgan fingerprint density at radius 2 is 2.31 bits per heavy atom. The van der Waals surface area contributed by atoms with Crippen molar-refractivity contribution in [1.82, 2.24) is 10.3 Å². The van der Waals surface area contributed by atoms with Crippen molar-refractivity contribution in [3.63, 3.8) is 0 Å². The molecule has 2 saturated heterocycles. The number of anilines is 1. The molecule has 2 aliphatic rings. The van der Waals surface area contributed by atoms with Crippen LogP contribution in [0.5, 0.6) is 0 Å². The fourth-order valence-corrected chi connectivity index (χ4v) is 2.96. The third-order valence-corrected chi connectivity index (χ3v) is 3.95. The first-order valence-electron chi connectivity index (χ1n) is 6.20. The number of nitrogens with one attached hydrogen (secondary N) is 1. The first-order valence-corrected chi connectivity index (χ1v) is 6.20. The molecule has 1 atom stereocenters. The van der Waals surface area contributed by atoms with Crippen molar-refractivity contribution in [2.45, 2.75) is 31.7 Å². The molecular formula is C13H19N3. The van der Waals surface area contributed by atoms with Crippen molar-refractivity contribution < 1.29 is 0 Å². The number of pyridine rings is 1. The Hall–Kier alpha value is -1.09. The quantitative estimate of drug-likeness (QED) is 0.776. The van der Waals surface area contributed by atoms with Crippen molar-refractivity contribution in [2.75, 3.05) is 24.5 Å². The van der Waals surface area contributed by atoms with Gasteiger partial charge in [-0.25, -0.2) is 0 Å². The summed E-state index contributed by atoms with van der Waals surface area (Å²) in [4.78, 5) is 6.84. The van der Waals surface area contributed by atoms with Crippen molar-refractivity contribution in [3.05, 3.63) is 24.0 Å². The van der Waals surface area contributed by atoms with Crippen LogP contribution in [-0.4, -0.2) is 30.2 Å². The minimum atomic E-state index is 0.408. The van der Waals surface area contributed by atoms with Crippen LogP contribution in [0.2, 0.25) is 0 Å². The Morgan fingerprint density at radius 1 is 1.38 bits per heavy atom. The average molecular weight is 217 g/mol. The molecule has 2 fully saturated rings. The maximum atomic E-state index is 4.38. The molecule has 1 spiro atoms. The number of hydrogen-bond donors (Lipinski definition) is 1. The van der Waals surface area contributed by atoms with Gasteiger partial charge in [0, 0.05) is 24.3 Å². The first-order chi connectivity index (χ1) is 7.77. The maximum absolute atomic E-state index is 4.38. The average Bonchev–Trinajstić information content (AvgIpc) is 2.91. The van der Waals surface area contributed by atoms with Crippen molar-refractivity contribution in [3.8, 4) is 0 Å². The van der Waals surface area contributed by atoms with E-state index in [1.165, 1.54) is 31.5 Å². The second-order valence-corrected chi connectivity index (χ2v) is 5.14. The molecule has 0 saturated carbocycles. The number of rotatable bonds is 1. The minimum absolute atomic E-state index is 0.408. The van der Waals surface area contributed by atoms with Gasteiger partial charge < -0.3 is 10.2 Å². The summed E-state index contributed by atoms with van der Waals surface area (Å²) in [6, 6.07) is 4.29.